The Balaban J connectivity index is 1.44. The van der Waals surface area contributed by atoms with E-state index in [-0.39, 0.29) is 31.6 Å². The summed E-state index contributed by atoms with van der Waals surface area (Å²) in [7, 11) is 0. The third-order valence-corrected chi connectivity index (χ3v) is 5.81. The first-order valence-corrected chi connectivity index (χ1v) is 9.72. The van der Waals surface area contributed by atoms with Gasteiger partial charge in [0.1, 0.15) is 5.01 Å². The second-order valence-corrected chi connectivity index (χ2v) is 7.92. The lowest BCUT2D eigenvalue weighted by molar-refractivity contribution is -0.146. The Labute approximate surface area is 160 Å². The van der Waals surface area contributed by atoms with Crippen LogP contribution in [-0.4, -0.2) is 46.7 Å². The summed E-state index contributed by atoms with van der Waals surface area (Å²) in [5.41, 5.74) is 1.61. The highest BCUT2D eigenvalue weighted by Gasteiger charge is 2.32. The minimum absolute atomic E-state index is 0.0738. The van der Waals surface area contributed by atoms with Crippen LogP contribution in [0, 0.1) is 11.8 Å². The molecule has 0 bridgehead atoms. The fourth-order valence-corrected chi connectivity index (χ4v) is 4.37. The molecule has 8 heteroatoms. The largest absolute Gasteiger partial charge is 0.481 e. The van der Waals surface area contributed by atoms with E-state index in [1.165, 1.54) is 11.3 Å². The van der Waals surface area contributed by atoms with E-state index in [9.17, 15) is 14.7 Å². The van der Waals surface area contributed by atoms with Crippen molar-refractivity contribution in [3.63, 3.8) is 0 Å². The number of carbonyl (C=O) groups is 2. The maximum atomic E-state index is 12.6. The molecule has 1 amide bonds. The number of likely N-dealkylation sites (tertiary alicyclic amines) is 1. The first-order chi connectivity index (χ1) is 13.0. The lowest BCUT2D eigenvalue weighted by Gasteiger charge is -2.34. The third-order valence-electron chi connectivity index (χ3n) is 4.87. The van der Waals surface area contributed by atoms with Crippen LogP contribution < -0.4 is 9.47 Å². The quantitative estimate of drug-likeness (QED) is 0.866. The van der Waals surface area contributed by atoms with E-state index in [0.717, 1.165) is 16.3 Å². The molecule has 142 valence electrons. The van der Waals surface area contributed by atoms with Gasteiger partial charge in [0.15, 0.2) is 11.5 Å². The predicted molar refractivity (Wildman–Crippen MR) is 98.9 cm³/mol. The summed E-state index contributed by atoms with van der Waals surface area (Å²) in [5.74, 6) is 0.203. The van der Waals surface area contributed by atoms with Crippen LogP contribution in [0.25, 0.3) is 10.6 Å². The van der Waals surface area contributed by atoms with Gasteiger partial charge in [0.25, 0.3) is 0 Å². The van der Waals surface area contributed by atoms with Crippen LogP contribution in [0.15, 0.2) is 23.6 Å². The number of piperidine rings is 1. The van der Waals surface area contributed by atoms with E-state index in [4.69, 9.17) is 9.47 Å². The van der Waals surface area contributed by atoms with Crippen molar-refractivity contribution >= 4 is 23.2 Å². The zero-order valence-electron chi connectivity index (χ0n) is 14.9. The SMILES string of the molecule is CC1CC(C(=O)O)CN(C(=O)Cc2csc(-c3ccc4c(c3)OCO4)n2)C1. The number of amides is 1. The first kappa shape index (κ1) is 17.8. The van der Waals surface area contributed by atoms with Crippen molar-refractivity contribution in [2.24, 2.45) is 11.8 Å². The normalized spacial score (nSPS) is 21.3. The summed E-state index contributed by atoms with van der Waals surface area (Å²) in [6, 6.07) is 5.66. The lowest BCUT2D eigenvalue weighted by Crippen LogP contribution is -2.46. The molecule has 1 N–H and O–H groups in total. The first-order valence-electron chi connectivity index (χ1n) is 8.84. The number of aromatic nitrogens is 1. The van der Waals surface area contributed by atoms with Crippen LogP contribution in [0.2, 0.25) is 0 Å². The Morgan fingerprint density at radius 3 is 2.93 bits per heavy atom. The zero-order valence-corrected chi connectivity index (χ0v) is 15.7. The Kier molecular flexibility index (Phi) is 4.73. The van der Waals surface area contributed by atoms with E-state index < -0.39 is 11.9 Å². The molecular weight excluding hydrogens is 368 g/mol. The van der Waals surface area contributed by atoms with Crippen LogP contribution in [0.1, 0.15) is 19.0 Å². The van der Waals surface area contributed by atoms with Gasteiger partial charge in [0.05, 0.1) is 18.0 Å². The summed E-state index contributed by atoms with van der Waals surface area (Å²) >= 11 is 1.47. The topological polar surface area (TPSA) is 89.0 Å². The number of hydrogen-bond donors (Lipinski definition) is 1. The van der Waals surface area contributed by atoms with Crippen molar-refractivity contribution in [3.05, 3.63) is 29.3 Å². The second-order valence-electron chi connectivity index (χ2n) is 7.06. The monoisotopic (exact) mass is 388 g/mol. The maximum Gasteiger partial charge on any atom is 0.308 e. The average Bonchev–Trinajstić information content (AvgIpc) is 3.29. The molecule has 0 aliphatic carbocycles. The molecule has 2 aliphatic heterocycles. The van der Waals surface area contributed by atoms with E-state index in [2.05, 4.69) is 4.98 Å². The molecule has 4 rings (SSSR count). The van der Waals surface area contributed by atoms with Gasteiger partial charge in [-0.05, 0) is 30.5 Å². The van der Waals surface area contributed by atoms with Gasteiger partial charge in [0.2, 0.25) is 12.7 Å². The van der Waals surface area contributed by atoms with Crippen molar-refractivity contribution in [2.45, 2.75) is 19.8 Å². The summed E-state index contributed by atoms with van der Waals surface area (Å²) in [6.45, 7) is 3.08. The molecular formula is C19H20N2O5S. The number of carbonyl (C=O) groups excluding carboxylic acids is 1. The highest BCUT2D eigenvalue weighted by atomic mass is 32.1. The van der Waals surface area contributed by atoms with Crippen LogP contribution in [-0.2, 0) is 16.0 Å². The minimum atomic E-state index is -0.835. The van der Waals surface area contributed by atoms with Crippen molar-refractivity contribution in [2.75, 3.05) is 19.9 Å². The second kappa shape index (κ2) is 7.19. The smallest absolute Gasteiger partial charge is 0.308 e. The zero-order chi connectivity index (χ0) is 19.0. The summed E-state index contributed by atoms with van der Waals surface area (Å²) in [4.78, 5) is 30.2. The number of carboxylic acids is 1. The lowest BCUT2D eigenvalue weighted by atomic mass is 9.90. The molecule has 0 spiro atoms. The molecule has 27 heavy (non-hydrogen) atoms. The van der Waals surface area contributed by atoms with Gasteiger partial charge in [-0.3, -0.25) is 9.59 Å². The average molecular weight is 388 g/mol. The Morgan fingerprint density at radius 1 is 1.30 bits per heavy atom. The molecule has 7 nitrogen and oxygen atoms in total. The van der Waals surface area contributed by atoms with Gasteiger partial charge in [-0.25, -0.2) is 4.98 Å². The van der Waals surface area contributed by atoms with Crippen molar-refractivity contribution in [3.8, 4) is 22.1 Å². The molecule has 1 fully saturated rings. The van der Waals surface area contributed by atoms with Crippen LogP contribution in [0.3, 0.4) is 0 Å². The van der Waals surface area contributed by atoms with Crippen LogP contribution >= 0.6 is 11.3 Å². The highest BCUT2D eigenvalue weighted by Crippen LogP contribution is 2.36. The molecule has 0 saturated carbocycles. The van der Waals surface area contributed by atoms with Gasteiger partial charge in [-0.1, -0.05) is 6.92 Å². The molecule has 2 atom stereocenters. The fourth-order valence-electron chi connectivity index (χ4n) is 3.55. The Morgan fingerprint density at radius 2 is 2.11 bits per heavy atom. The van der Waals surface area contributed by atoms with Gasteiger partial charge < -0.3 is 19.5 Å². The summed E-state index contributed by atoms with van der Waals surface area (Å²) < 4.78 is 10.7. The Hall–Kier alpha value is -2.61. The van der Waals surface area contributed by atoms with Gasteiger partial charge >= 0.3 is 5.97 Å². The molecule has 3 heterocycles. The predicted octanol–water partition coefficient (Wildman–Crippen LogP) is 2.65. The number of aliphatic carboxylic acids is 1. The number of rotatable bonds is 4. The van der Waals surface area contributed by atoms with E-state index in [1.54, 1.807) is 4.90 Å². The molecule has 2 aromatic rings. The van der Waals surface area contributed by atoms with Gasteiger partial charge in [-0.15, -0.1) is 11.3 Å². The maximum absolute atomic E-state index is 12.6. The fraction of sp³-hybridized carbons (Fsp3) is 0.421. The van der Waals surface area contributed by atoms with Crippen molar-refractivity contribution in [1.82, 2.24) is 9.88 Å². The summed E-state index contributed by atoms with van der Waals surface area (Å²) in [5, 5.41) is 12.0. The minimum Gasteiger partial charge on any atom is -0.481 e. The number of nitrogens with zero attached hydrogens (tertiary/aromatic N) is 2. The van der Waals surface area contributed by atoms with Gasteiger partial charge in [0, 0.05) is 24.0 Å². The number of benzene rings is 1. The molecule has 1 aromatic carbocycles. The van der Waals surface area contributed by atoms with Crippen LogP contribution in [0.5, 0.6) is 11.5 Å². The molecule has 0 radical (unpaired) electrons. The van der Waals surface area contributed by atoms with Crippen LogP contribution in [0.4, 0.5) is 0 Å². The van der Waals surface area contributed by atoms with Crippen molar-refractivity contribution in [1.29, 1.82) is 0 Å². The molecule has 1 saturated heterocycles. The molecule has 2 unspecified atom stereocenters. The summed E-state index contributed by atoms with van der Waals surface area (Å²) in [6.07, 6.45) is 0.796. The van der Waals surface area contributed by atoms with E-state index in [1.807, 2.05) is 30.5 Å². The number of hydrogen-bond acceptors (Lipinski definition) is 6. The Bertz CT molecular complexity index is 881. The standard InChI is InChI=1S/C19H20N2O5S/c1-11-4-13(19(23)24)8-21(7-11)17(22)6-14-9-27-18(20-14)12-2-3-15-16(5-12)26-10-25-15/h2-3,5,9,11,13H,4,6-8,10H2,1H3,(H,23,24). The van der Waals surface area contributed by atoms with Gasteiger partial charge in [-0.2, -0.15) is 0 Å². The molecule has 1 aromatic heterocycles. The van der Waals surface area contributed by atoms with E-state index in [0.29, 0.717) is 24.4 Å². The third kappa shape index (κ3) is 3.75. The van der Waals surface area contributed by atoms with E-state index >= 15 is 0 Å². The molecule has 2 aliphatic rings. The van der Waals surface area contributed by atoms with Crippen molar-refractivity contribution < 1.29 is 24.2 Å². The highest BCUT2D eigenvalue weighted by molar-refractivity contribution is 7.13. The number of fused-ring (bicyclic) bond motifs is 1. The number of ether oxygens (including phenoxy) is 2. The number of thiazole rings is 1. The number of carboxylic acid groups (broad SMARTS) is 1.